The number of hydrogen-bond donors (Lipinski definition) is 1. The molecule has 1 saturated heterocycles. The molecule has 2 N–H and O–H groups in total. The van der Waals surface area contributed by atoms with Crippen molar-refractivity contribution in [1.82, 2.24) is 9.88 Å². The molecule has 6 nitrogen and oxygen atoms in total. The van der Waals surface area contributed by atoms with Crippen LogP contribution in [0.15, 0.2) is 40.8 Å². The highest BCUT2D eigenvalue weighted by molar-refractivity contribution is 14.0. The molecule has 0 bridgehead atoms. The van der Waals surface area contributed by atoms with Crippen LogP contribution in [0.5, 0.6) is 5.75 Å². The van der Waals surface area contributed by atoms with Crippen molar-refractivity contribution in [1.29, 1.82) is 0 Å². The highest BCUT2D eigenvalue weighted by atomic mass is 127. The second-order valence-corrected chi connectivity index (χ2v) is 6.36. The predicted molar refractivity (Wildman–Crippen MR) is 110 cm³/mol. The number of halogens is 3. The molecule has 1 aromatic heterocycles. The largest absolute Gasteiger partial charge is 0.435 e. The predicted octanol–water partition coefficient (Wildman–Crippen LogP) is 3.00. The van der Waals surface area contributed by atoms with Crippen LogP contribution < -0.4 is 15.4 Å². The summed E-state index contributed by atoms with van der Waals surface area (Å²) < 4.78 is 28.9. The van der Waals surface area contributed by atoms with Crippen molar-refractivity contribution in [3.8, 4) is 5.75 Å². The molecule has 0 amide bonds. The van der Waals surface area contributed by atoms with E-state index in [0.717, 1.165) is 36.9 Å². The van der Waals surface area contributed by atoms with E-state index in [2.05, 4.69) is 19.6 Å². The third-order valence-electron chi connectivity index (χ3n) is 3.84. The van der Waals surface area contributed by atoms with Gasteiger partial charge in [-0.1, -0.05) is 12.1 Å². The Morgan fingerprint density at radius 3 is 2.73 bits per heavy atom. The summed E-state index contributed by atoms with van der Waals surface area (Å²) in [7, 11) is 0. The molecule has 10 heteroatoms. The molecule has 0 atom stereocenters. The first kappa shape index (κ1) is 20.6. The lowest BCUT2D eigenvalue weighted by Crippen LogP contribution is -2.51. The quantitative estimate of drug-likeness (QED) is 0.393. The molecule has 1 aliphatic rings. The van der Waals surface area contributed by atoms with Gasteiger partial charge in [0.05, 0.1) is 6.54 Å². The van der Waals surface area contributed by atoms with Crippen LogP contribution in [0.1, 0.15) is 5.56 Å². The monoisotopic (exact) mass is 495 g/mol. The van der Waals surface area contributed by atoms with Gasteiger partial charge in [-0.15, -0.1) is 35.3 Å². The van der Waals surface area contributed by atoms with Gasteiger partial charge in [0.1, 0.15) is 5.75 Å². The van der Waals surface area contributed by atoms with Gasteiger partial charge in [-0.2, -0.15) is 8.78 Å². The third-order valence-corrected chi connectivity index (χ3v) is 4.67. The van der Waals surface area contributed by atoms with E-state index in [1.165, 1.54) is 6.07 Å². The summed E-state index contributed by atoms with van der Waals surface area (Å²) in [4.78, 5) is 12.9. The first-order valence-corrected chi connectivity index (χ1v) is 8.73. The lowest BCUT2D eigenvalue weighted by molar-refractivity contribution is -0.0498. The maximum Gasteiger partial charge on any atom is 0.387 e. The van der Waals surface area contributed by atoms with Gasteiger partial charge in [-0.05, 0) is 17.7 Å². The third kappa shape index (κ3) is 5.66. The van der Waals surface area contributed by atoms with E-state index in [4.69, 9.17) is 5.73 Å². The second-order valence-electron chi connectivity index (χ2n) is 5.49. The van der Waals surface area contributed by atoms with Gasteiger partial charge in [-0.25, -0.2) is 9.98 Å². The van der Waals surface area contributed by atoms with E-state index < -0.39 is 6.61 Å². The minimum atomic E-state index is -2.84. The van der Waals surface area contributed by atoms with E-state index in [9.17, 15) is 8.78 Å². The zero-order valence-corrected chi connectivity index (χ0v) is 17.1. The van der Waals surface area contributed by atoms with Gasteiger partial charge in [0.15, 0.2) is 11.1 Å². The number of thiazole rings is 1. The molecule has 0 saturated carbocycles. The number of anilines is 1. The SMILES string of the molecule is I.NC(=NCc1cccc(OC(F)F)c1)N1CCN(c2nccs2)CC1. The van der Waals surface area contributed by atoms with Crippen LogP contribution in [-0.4, -0.2) is 48.6 Å². The van der Waals surface area contributed by atoms with E-state index in [-0.39, 0.29) is 29.7 Å². The van der Waals surface area contributed by atoms with Gasteiger partial charge < -0.3 is 20.3 Å². The number of aliphatic imine (C=N–C) groups is 1. The smallest absolute Gasteiger partial charge is 0.387 e. The molecule has 26 heavy (non-hydrogen) atoms. The van der Waals surface area contributed by atoms with Crippen LogP contribution in [0.3, 0.4) is 0 Å². The summed E-state index contributed by atoms with van der Waals surface area (Å²) in [5.74, 6) is 0.581. The van der Waals surface area contributed by atoms with Gasteiger partial charge in [-0.3, -0.25) is 0 Å². The zero-order valence-electron chi connectivity index (χ0n) is 13.9. The molecule has 0 aliphatic carbocycles. The maximum absolute atomic E-state index is 12.3. The molecular weight excluding hydrogens is 475 g/mol. The Labute approximate surface area is 171 Å². The Hall–Kier alpha value is -1.69. The molecule has 0 radical (unpaired) electrons. The standard InChI is InChI=1S/C16H19F2N5OS.HI/c17-14(18)24-13-3-1-2-12(10-13)11-21-15(19)22-5-7-23(8-6-22)16-20-4-9-25-16;/h1-4,9-10,14H,5-8,11H2,(H2,19,21);1H. The zero-order chi connectivity index (χ0) is 17.6. The van der Waals surface area contributed by atoms with Crippen molar-refractivity contribution in [3.05, 3.63) is 41.4 Å². The first-order valence-electron chi connectivity index (χ1n) is 7.85. The lowest BCUT2D eigenvalue weighted by atomic mass is 10.2. The van der Waals surface area contributed by atoms with Crippen molar-refractivity contribution in [2.24, 2.45) is 10.7 Å². The van der Waals surface area contributed by atoms with Gasteiger partial charge in [0, 0.05) is 37.8 Å². The Bertz CT molecular complexity index is 708. The summed E-state index contributed by atoms with van der Waals surface area (Å²) in [5, 5.41) is 2.98. The molecule has 0 unspecified atom stereocenters. The highest BCUT2D eigenvalue weighted by Gasteiger charge is 2.19. The molecule has 2 heterocycles. The van der Waals surface area contributed by atoms with Crippen LogP contribution in [0, 0.1) is 0 Å². The average Bonchev–Trinajstić information content (AvgIpc) is 3.14. The minimum absolute atomic E-state index is 0. The Balaban J connectivity index is 0.00000243. The molecule has 1 aromatic carbocycles. The number of rotatable bonds is 5. The Morgan fingerprint density at radius 2 is 2.08 bits per heavy atom. The van der Waals surface area contributed by atoms with E-state index >= 15 is 0 Å². The molecule has 142 valence electrons. The molecular formula is C16H20F2IN5OS. The van der Waals surface area contributed by atoms with Crippen LogP contribution in [0.4, 0.5) is 13.9 Å². The van der Waals surface area contributed by atoms with Crippen molar-refractivity contribution in [2.75, 3.05) is 31.1 Å². The fourth-order valence-electron chi connectivity index (χ4n) is 2.59. The molecule has 0 spiro atoms. The number of guanidine groups is 1. The lowest BCUT2D eigenvalue weighted by Gasteiger charge is -2.35. The Morgan fingerprint density at radius 1 is 1.31 bits per heavy atom. The van der Waals surface area contributed by atoms with Gasteiger partial charge in [0.2, 0.25) is 0 Å². The number of aromatic nitrogens is 1. The van der Waals surface area contributed by atoms with Gasteiger partial charge >= 0.3 is 6.61 Å². The topological polar surface area (TPSA) is 67.0 Å². The number of nitrogens with zero attached hydrogens (tertiary/aromatic N) is 4. The van der Waals surface area contributed by atoms with Crippen LogP contribution in [0.2, 0.25) is 0 Å². The number of alkyl halides is 2. The van der Waals surface area contributed by atoms with Crippen molar-refractivity contribution in [3.63, 3.8) is 0 Å². The van der Waals surface area contributed by atoms with E-state index in [1.807, 2.05) is 10.3 Å². The highest BCUT2D eigenvalue weighted by Crippen LogP contribution is 2.19. The van der Waals surface area contributed by atoms with Crippen molar-refractivity contribution in [2.45, 2.75) is 13.2 Å². The molecule has 1 aliphatic heterocycles. The summed E-state index contributed by atoms with van der Waals surface area (Å²) >= 11 is 1.62. The number of piperazine rings is 1. The van der Waals surface area contributed by atoms with E-state index in [1.54, 1.807) is 35.7 Å². The molecule has 1 fully saturated rings. The van der Waals surface area contributed by atoms with Gasteiger partial charge in [0.25, 0.3) is 0 Å². The summed E-state index contributed by atoms with van der Waals surface area (Å²) in [5.41, 5.74) is 6.84. The van der Waals surface area contributed by atoms with Crippen LogP contribution in [0.25, 0.3) is 0 Å². The van der Waals surface area contributed by atoms with E-state index in [0.29, 0.717) is 12.5 Å². The summed E-state index contributed by atoms with van der Waals surface area (Å²) in [6.45, 7) is 0.687. The maximum atomic E-state index is 12.3. The number of hydrogen-bond acceptors (Lipinski definition) is 5. The minimum Gasteiger partial charge on any atom is -0.435 e. The first-order chi connectivity index (χ1) is 12.1. The van der Waals surface area contributed by atoms with Crippen LogP contribution >= 0.6 is 35.3 Å². The van der Waals surface area contributed by atoms with Crippen molar-refractivity contribution < 1.29 is 13.5 Å². The average molecular weight is 495 g/mol. The normalized spacial score (nSPS) is 15.1. The summed E-state index contributed by atoms with van der Waals surface area (Å²) in [6.07, 6.45) is 1.80. The number of ether oxygens (including phenoxy) is 1. The van der Waals surface area contributed by atoms with Crippen molar-refractivity contribution >= 4 is 46.4 Å². The second kappa shape index (κ2) is 9.86. The molecule has 2 aromatic rings. The van der Waals surface area contributed by atoms with Crippen LogP contribution in [-0.2, 0) is 6.54 Å². The number of benzene rings is 1. The summed E-state index contributed by atoms with van der Waals surface area (Å²) in [6, 6.07) is 6.49. The number of nitrogens with two attached hydrogens (primary N) is 1. The molecule has 3 rings (SSSR count). The fraction of sp³-hybridized carbons (Fsp3) is 0.375. The fourth-order valence-corrected chi connectivity index (χ4v) is 3.29. The Kier molecular flexibility index (Phi) is 7.82.